The first kappa shape index (κ1) is 19.1. The molecule has 1 heterocycles. The third-order valence-electron chi connectivity index (χ3n) is 4.43. The predicted molar refractivity (Wildman–Crippen MR) is 96.2 cm³/mol. The lowest BCUT2D eigenvalue weighted by Crippen LogP contribution is -2.37. The van der Waals surface area contributed by atoms with Crippen LogP contribution in [0, 0.1) is 0 Å². The second-order valence-electron chi connectivity index (χ2n) is 6.45. The summed E-state index contributed by atoms with van der Waals surface area (Å²) in [7, 11) is 1.58. The number of benzene rings is 1. The molecule has 2 amide bonds. The van der Waals surface area contributed by atoms with Crippen LogP contribution in [-0.2, 0) is 4.74 Å². The summed E-state index contributed by atoms with van der Waals surface area (Å²) in [6.45, 7) is 8.56. The Bertz CT molecular complexity index is 615. The second-order valence-corrected chi connectivity index (χ2v) is 6.45. The van der Waals surface area contributed by atoms with Gasteiger partial charge in [-0.3, -0.25) is 4.79 Å². The lowest BCUT2D eigenvalue weighted by Gasteiger charge is -2.23. The molecule has 1 aromatic carbocycles. The van der Waals surface area contributed by atoms with Crippen LogP contribution >= 0.6 is 0 Å². The van der Waals surface area contributed by atoms with Gasteiger partial charge in [-0.2, -0.15) is 0 Å². The summed E-state index contributed by atoms with van der Waals surface area (Å²) in [6.07, 6.45) is 0.424. The molecule has 0 radical (unpaired) electrons. The van der Waals surface area contributed by atoms with E-state index in [1.54, 1.807) is 23.8 Å². The molecule has 6 nitrogen and oxygen atoms in total. The van der Waals surface area contributed by atoms with E-state index in [0.29, 0.717) is 50.0 Å². The molecule has 6 heteroatoms. The van der Waals surface area contributed by atoms with Crippen molar-refractivity contribution in [2.45, 2.75) is 33.1 Å². The van der Waals surface area contributed by atoms with E-state index in [1.807, 2.05) is 18.2 Å². The van der Waals surface area contributed by atoms with Crippen LogP contribution in [0.25, 0.3) is 0 Å². The number of amides is 2. The van der Waals surface area contributed by atoms with Gasteiger partial charge in [0, 0.05) is 26.2 Å². The highest BCUT2D eigenvalue weighted by molar-refractivity contribution is 5.97. The average Bonchev–Trinajstić information content (AvgIpc) is 2.87. The molecule has 0 saturated carbocycles. The molecule has 1 aliphatic rings. The number of methoxy groups -OCH3 is 1. The van der Waals surface area contributed by atoms with E-state index in [2.05, 4.69) is 13.8 Å². The van der Waals surface area contributed by atoms with Crippen molar-refractivity contribution in [1.82, 2.24) is 9.80 Å². The Morgan fingerprint density at radius 3 is 2.44 bits per heavy atom. The molecule has 138 valence electrons. The van der Waals surface area contributed by atoms with Gasteiger partial charge in [-0.15, -0.1) is 0 Å². The smallest absolute Gasteiger partial charge is 0.409 e. The first-order valence-electron chi connectivity index (χ1n) is 8.86. The Morgan fingerprint density at radius 2 is 1.80 bits per heavy atom. The average molecular weight is 348 g/mol. The fraction of sp³-hybridized carbons (Fsp3) is 0.579. The highest BCUT2D eigenvalue weighted by atomic mass is 16.6. The Labute approximate surface area is 149 Å². The fourth-order valence-corrected chi connectivity index (χ4v) is 2.93. The van der Waals surface area contributed by atoms with Gasteiger partial charge in [0.25, 0.3) is 5.91 Å². The van der Waals surface area contributed by atoms with E-state index in [-0.39, 0.29) is 12.0 Å². The molecule has 2 rings (SSSR count). The van der Waals surface area contributed by atoms with Gasteiger partial charge < -0.3 is 19.3 Å². The summed E-state index contributed by atoms with van der Waals surface area (Å²) >= 11 is 0. The van der Waals surface area contributed by atoms with E-state index in [4.69, 9.17) is 9.47 Å². The number of hydrogen-bond acceptors (Lipinski definition) is 4. The minimum absolute atomic E-state index is 0.0575. The number of carbonyl (C=O) groups is 2. The summed E-state index contributed by atoms with van der Waals surface area (Å²) in [5, 5.41) is 0. The van der Waals surface area contributed by atoms with Gasteiger partial charge in [0.1, 0.15) is 5.75 Å². The number of rotatable bonds is 4. The molecule has 25 heavy (non-hydrogen) atoms. The van der Waals surface area contributed by atoms with Crippen LogP contribution in [0.1, 0.15) is 49.0 Å². The zero-order chi connectivity index (χ0) is 18.4. The monoisotopic (exact) mass is 348 g/mol. The van der Waals surface area contributed by atoms with Crippen LogP contribution in [0.4, 0.5) is 4.79 Å². The topological polar surface area (TPSA) is 59.1 Å². The van der Waals surface area contributed by atoms with Gasteiger partial charge in [0.2, 0.25) is 0 Å². The van der Waals surface area contributed by atoms with Gasteiger partial charge in [0.05, 0.1) is 19.3 Å². The Hall–Kier alpha value is -2.24. The standard InChI is InChI=1S/C19H28N2O4/c1-5-25-19(23)21-10-6-9-20(11-12-21)18(22)16-8-7-15(14(2)3)13-17(16)24-4/h7-8,13-14H,5-6,9-12H2,1-4H3. The third kappa shape index (κ3) is 4.65. The van der Waals surface area contributed by atoms with Crippen molar-refractivity contribution in [2.24, 2.45) is 0 Å². The van der Waals surface area contributed by atoms with E-state index in [1.165, 1.54) is 0 Å². The summed E-state index contributed by atoms with van der Waals surface area (Å²) in [5.41, 5.74) is 1.70. The lowest BCUT2D eigenvalue weighted by atomic mass is 10.0. The van der Waals surface area contributed by atoms with Crippen molar-refractivity contribution in [3.05, 3.63) is 29.3 Å². The molecule has 1 saturated heterocycles. The normalized spacial score (nSPS) is 15.1. The second kappa shape index (κ2) is 8.74. The van der Waals surface area contributed by atoms with E-state index >= 15 is 0 Å². The summed E-state index contributed by atoms with van der Waals surface area (Å²) in [6, 6.07) is 5.74. The Balaban J connectivity index is 2.11. The quantitative estimate of drug-likeness (QED) is 0.839. The van der Waals surface area contributed by atoms with Gasteiger partial charge in [-0.05, 0) is 37.0 Å². The molecule has 0 aliphatic carbocycles. The zero-order valence-electron chi connectivity index (χ0n) is 15.6. The molecule has 0 N–H and O–H groups in total. The summed E-state index contributed by atoms with van der Waals surface area (Å²) < 4.78 is 10.5. The molecule has 0 bridgehead atoms. The predicted octanol–water partition coefficient (Wildman–Crippen LogP) is 3.12. The van der Waals surface area contributed by atoms with Crippen molar-refractivity contribution in [2.75, 3.05) is 39.9 Å². The molecule has 0 aromatic heterocycles. The minimum Gasteiger partial charge on any atom is -0.496 e. The number of hydrogen-bond donors (Lipinski definition) is 0. The molecular formula is C19H28N2O4. The van der Waals surface area contributed by atoms with Crippen molar-refractivity contribution in [3.63, 3.8) is 0 Å². The molecule has 1 aliphatic heterocycles. The van der Waals surface area contributed by atoms with Crippen molar-refractivity contribution in [3.8, 4) is 5.75 Å². The highest BCUT2D eigenvalue weighted by Crippen LogP contribution is 2.26. The molecule has 0 atom stereocenters. The van der Waals surface area contributed by atoms with Crippen LogP contribution in [0.5, 0.6) is 5.75 Å². The minimum atomic E-state index is -0.310. The largest absolute Gasteiger partial charge is 0.496 e. The number of ether oxygens (including phenoxy) is 2. The lowest BCUT2D eigenvalue weighted by molar-refractivity contribution is 0.0750. The third-order valence-corrected chi connectivity index (χ3v) is 4.43. The van der Waals surface area contributed by atoms with Crippen LogP contribution in [0.2, 0.25) is 0 Å². The van der Waals surface area contributed by atoms with Gasteiger partial charge in [0.15, 0.2) is 0 Å². The molecule has 1 aromatic rings. The molecule has 0 spiro atoms. The van der Waals surface area contributed by atoms with Crippen molar-refractivity contribution >= 4 is 12.0 Å². The zero-order valence-corrected chi connectivity index (χ0v) is 15.6. The summed E-state index contributed by atoms with van der Waals surface area (Å²) in [4.78, 5) is 28.3. The number of nitrogens with zero attached hydrogens (tertiary/aromatic N) is 2. The van der Waals surface area contributed by atoms with Crippen LogP contribution in [0.15, 0.2) is 18.2 Å². The van der Waals surface area contributed by atoms with Crippen LogP contribution in [-0.4, -0.2) is 61.7 Å². The first-order chi connectivity index (χ1) is 12.0. The molecule has 0 unspecified atom stereocenters. The Morgan fingerprint density at radius 1 is 1.12 bits per heavy atom. The van der Waals surface area contributed by atoms with Gasteiger partial charge >= 0.3 is 6.09 Å². The van der Waals surface area contributed by atoms with Gasteiger partial charge in [-0.1, -0.05) is 19.9 Å². The summed E-state index contributed by atoms with van der Waals surface area (Å²) in [5.74, 6) is 0.912. The highest BCUT2D eigenvalue weighted by Gasteiger charge is 2.25. The van der Waals surface area contributed by atoms with Crippen LogP contribution < -0.4 is 4.74 Å². The molecule has 1 fully saturated rings. The Kier molecular flexibility index (Phi) is 6.67. The van der Waals surface area contributed by atoms with Crippen molar-refractivity contribution < 1.29 is 19.1 Å². The maximum atomic E-state index is 12.9. The maximum Gasteiger partial charge on any atom is 0.409 e. The van der Waals surface area contributed by atoms with E-state index in [0.717, 1.165) is 12.0 Å². The first-order valence-corrected chi connectivity index (χ1v) is 8.86. The van der Waals surface area contributed by atoms with Crippen LogP contribution in [0.3, 0.4) is 0 Å². The van der Waals surface area contributed by atoms with Gasteiger partial charge in [-0.25, -0.2) is 4.79 Å². The SMILES string of the molecule is CCOC(=O)N1CCCN(C(=O)c2ccc(C(C)C)cc2OC)CC1. The number of carbonyl (C=O) groups excluding carboxylic acids is 2. The molecular weight excluding hydrogens is 320 g/mol. The van der Waals surface area contributed by atoms with Crippen molar-refractivity contribution in [1.29, 1.82) is 0 Å². The fourth-order valence-electron chi connectivity index (χ4n) is 2.93. The maximum absolute atomic E-state index is 12.9. The van der Waals surface area contributed by atoms with E-state index in [9.17, 15) is 9.59 Å². The van der Waals surface area contributed by atoms with E-state index < -0.39 is 0 Å².